The summed E-state index contributed by atoms with van der Waals surface area (Å²) < 4.78 is 34.6. The van der Waals surface area contributed by atoms with Gasteiger partial charge in [0.15, 0.2) is 0 Å². The first-order valence-electron chi connectivity index (χ1n) is 0.617. The molecule has 0 aliphatic rings. The van der Waals surface area contributed by atoms with Crippen LogP contribution < -0.4 is 55.2 Å². The van der Waals surface area contributed by atoms with E-state index in [4.69, 9.17) is 14.2 Å². The van der Waals surface area contributed by atoms with Gasteiger partial charge in [-0.3, -0.25) is 0 Å². The summed E-state index contributed by atoms with van der Waals surface area (Å²) in [5, 5.41) is 0. The molecule has 0 aromatic carbocycles. The molecule has 0 saturated heterocycles. The Balaban J connectivity index is 0. The van der Waals surface area contributed by atoms with Gasteiger partial charge in [0.05, 0.1) is 0 Å². The Morgan fingerprint density at radius 2 is 1.17 bits per heavy atom. The Labute approximate surface area is 79.7 Å². The van der Waals surface area contributed by atoms with E-state index in [9.17, 15) is 0 Å². The summed E-state index contributed by atoms with van der Waals surface area (Å²) in [7, 11) is 0. The van der Waals surface area contributed by atoms with E-state index in [1.807, 2.05) is 0 Å². The minimum atomic E-state index is -6.11. The van der Waals surface area contributed by atoms with Crippen LogP contribution >= 0.6 is 0 Å². The fourth-order valence-electron chi connectivity index (χ4n) is 0. The normalized spacial score (nSPS) is 9.50. The van der Waals surface area contributed by atoms with Gasteiger partial charge >= 0.3 is 81.4 Å². The predicted molar refractivity (Wildman–Crippen MR) is 2.06 cm³/mol. The zero-order chi connectivity index (χ0) is 4.50. The molecular weight excluding hydrogens is 289 g/mol. The van der Waals surface area contributed by atoms with Crippen molar-refractivity contribution in [3.05, 3.63) is 0 Å². The van der Waals surface area contributed by atoms with Crippen molar-refractivity contribution in [1.82, 2.24) is 0 Å². The Bertz CT molecular complexity index is 129. The van der Waals surface area contributed by atoms with Crippen molar-refractivity contribution < 1.29 is 81.4 Å². The molecule has 0 rings (SSSR count). The topological polar surface area (TPSA) is 74.3 Å². The van der Waals surface area contributed by atoms with Gasteiger partial charge in [0, 0.05) is 0 Å². The second-order valence-electron chi connectivity index (χ2n) is 0.378. The molecule has 0 heterocycles. The van der Waals surface area contributed by atoms with Crippen LogP contribution in [0.4, 0.5) is 0 Å². The van der Waals surface area contributed by atoms with E-state index in [0.29, 0.717) is 0 Å². The molecule has 0 spiro atoms. The summed E-state index contributed by atoms with van der Waals surface area (Å²) in [5.74, 6) is 0. The molecule has 0 amide bonds. The third kappa shape index (κ3) is 44.6. The second-order valence-corrected chi connectivity index (χ2v) is 3.09. The van der Waals surface area contributed by atoms with Crippen molar-refractivity contribution in [1.29, 1.82) is 0 Å². The molecule has 0 bridgehead atoms. The van der Waals surface area contributed by atoms with Crippen LogP contribution in [0.25, 0.3) is 0 Å². The summed E-state index contributed by atoms with van der Waals surface area (Å²) in [6.45, 7) is 0. The SMILES string of the molecule is [K+].[O]=[Re](=[O])(=[O])[O-]. The standard InChI is InChI=1S/K.4O.Re/q+1;;;;-1;. The number of rotatable bonds is 0. The van der Waals surface area contributed by atoms with Crippen LogP contribution in [0.5, 0.6) is 0 Å². The van der Waals surface area contributed by atoms with Crippen LogP contribution in [-0.2, 0) is 26.2 Å². The van der Waals surface area contributed by atoms with Gasteiger partial charge in [-0.2, -0.15) is 0 Å². The third-order valence-corrected chi connectivity index (χ3v) is 0. The molecule has 0 saturated carbocycles. The zero-order valence-corrected chi connectivity index (χ0v) is 8.85. The van der Waals surface area contributed by atoms with Crippen molar-refractivity contribution in [2.75, 3.05) is 0 Å². The van der Waals surface area contributed by atoms with Crippen LogP contribution in [0.2, 0.25) is 0 Å². The van der Waals surface area contributed by atoms with E-state index in [2.05, 4.69) is 0 Å². The number of hydrogen-bond acceptors (Lipinski definition) is 4. The van der Waals surface area contributed by atoms with Crippen molar-refractivity contribution in [2.24, 2.45) is 0 Å². The molecule has 6 heteroatoms. The molecule has 0 unspecified atom stereocenters. The van der Waals surface area contributed by atoms with E-state index < -0.39 is 15.8 Å². The quantitative estimate of drug-likeness (QED) is 0.421. The molecule has 32 valence electrons. The van der Waals surface area contributed by atoms with Gasteiger partial charge in [0.1, 0.15) is 0 Å². The van der Waals surface area contributed by atoms with Gasteiger partial charge in [-0.05, 0) is 0 Å². The summed E-state index contributed by atoms with van der Waals surface area (Å²) >= 11 is -6.11. The molecule has 6 heavy (non-hydrogen) atoms. The summed E-state index contributed by atoms with van der Waals surface area (Å²) in [4.78, 5) is 0. The van der Waals surface area contributed by atoms with E-state index >= 15 is 0 Å². The molecule has 0 atom stereocenters. The molecule has 0 fully saturated rings. The van der Waals surface area contributed by atoms with E-state index in [1.54, 1.807) is 0 Å². The predicted octanol–water partition coefficient (Wildman–Crippen LogP) is -4.54. The maximum atomic E-state index is 8.64. The van der Waals surface area contributed by atoms with Gasteiger partial charge in [0.25, 0.3) is 0 Å². The fourth-order valence-corrected chi connectivity index (χ4v) is 0. The summed E-state index contributed by atoms with van der Waals surface area (Å²) in [6, 6.07) is 0. The first-order valence-corrected chi connectivity index (χ1v) is 5.05. The van der Waals surface area contributed by atoms with Gasteiger partial charge in [0.2, 0.25) is 0 Å². The molecule has 0 aromatic rings. The fraction of sp³-hybridized carbons (Fsp3) is 0. The van der Waals surface area contributed by atoms with Crippen LogP contribution in [0.3, 0.4) is 0 Å². The molecule has 0 aliphatic heterocycles. The first kappa shape index (κ1) is 10.6. The van der Waals surface area contributed by atoms with Crippen molar-refractivity contribution in [3.8, 4) is 0 Å². The average Bonchev–Trinajstić information content (AvgIpc) is 0.722. The van der Waals surface area contributed by atoms with Gasteiger partial charge in [-0.1, -0.05) is 0 Å². The third-order valence-electron chi connectivity index (χ3n) is 0. The minimum absolute atomic E-state index is 0. The van der Waals surface area contributed by atoms with Crippen LogP contribution in [-0.4, -0.2) is 0 Å². The Kier molecular flexibility index (Phi) is 6.42. The van der Waals surface area contributed by atoms with E-state index in [0.717, 1.165) is 0 Å². The van der Waals surface area contributed by atoms with Gasteiger partial charge in [-0.15, -0.1) is 0 Å². The zero-order valence-electron chi connectivity index (χ0n) is 3.01. The van der Waals surface area contributed by atoms with Crippen molar-refractivity contribution >= 4 is 0 Å². The van der Waals surface area contributed by atoms with E-state index in [-0.39, 0.29) is 51.4 Å². The monoisotopic (exact) mass is 290 g/mol. The molecule has 0 N–H and O–H groups in total. The van der Waals surface area contributed by atoms with Crippen LogP contribution in [0, 0.1) is 0 Å². The Morgan fingerprint density at radius 3 is 1.17 bits per heavy atom. The van der Waals surface area contributed by atoms with Crippen molar-refractivity contribution in [3.63, 3.8) is 0 Å². The first-order chi connectivity index (χ1) is 2.00. The molecule has 0 aliphatic carbocycles. The summed E-state index contributed by atoms with van der Waals surface area (Å²) in [5.41, 5.74) is 0. The Hall–Kier alpha value is 1.66. The molecule has 0 aromatic heterocycles. The van der Waals surface area contributed by atoms with Crippen molar-refractivity contribution in [2.45, 2.75) is 0 Å². The van der Waals surface area contributed by atoms with E-state index in [1.165, 1.54) is 0 Å². The maximum absolute atomic E-state index is 8.64. The Morgan fingerprint density at radius 1 is 1.17 bits per heavy atom. The average molecular weight is 289 g/mol. The van der Waals surface area contributed by atoms with Gasteiger partial charge < -0.3 is 0 Å². The number of hydrogen-bond donors (Lipinski definition) is 0. The second kappa shape index (κ2) is 3.64. The van der Waals surface area contributed by atoms with Gasteiger partial charge in [-0.25, -0.2) is 0 Å². The van der Waals surface area contributed by atoms with Crippen LogP contribution in [0.15, 0.2) is 0 Å². The summed E-state index contributed by atoms with van der Waals surface area (Å²) in [6.07, 6.45) is 0. The molecule has 4 nitrogen and oxygen atoms in total. The van der Waals surface area contributed by atoms with Crippen LogP contribution in [0.1, 0.15) is 0 Å². The molecule has 0 radical (unpaired) electrons. The molecular formula is KO4Re.